The number of hydrogen-bond acceptors (Lipinski definition) is 3. The molecule has 0 spiro atoms. The van der Waals surface area contributed by atoms with E-state index >= 15 is 0 Å². The predicted molar refractivity (Wildman–Crippen MR) is 103 cm³/mol. The second kappa shape index (κ2) is 8.94. The van der Waals surface area contributed by atoms with E-state index in [1.807, 2.05) is 6.92 Å². The van der Waals surface area contributed by atoms with E-state index in [0.29, 0.717) is 38.6 Å². The van der Waals surface area contributed by atoms with Crippen LogP contribution in [0.4, 0.5) is 11.4 Å². The highest BCUT2D eigenvalue weighted by Crippen LogP contribution is 2.32. The third kappa shape index (κ3) is 5.53. The fourth-order valence-electron chi connectivity index (χ4n) is 2.01. The summed E-state index contributed by atoms with van der Waals surface area (Å²) < 4.78 is 0. The van der Waals surface area contributed by atoms with Crippen LogP contribution in [0.5, 0.6) is 0 Å². The first-order chi connectivity index (χ1) is 11.9. The molecule has 0 aliphatic carbocycles. The molecule has 0 saturated carbocycles. The van der Waals surface area contributed by atoms with E-state index in [4.69, 9.17) is 34.8 Å². The minimum Gasteiger partial charge on any atom is -0.375 e. The molecule has 0 unspecified atom stereocenters. The van der Waals surface area contributed by atoms with Gasteiger partial charge in [0.1, 0.15) is 0 Å². The fourth-order valence-corrected chi connectivity index (χ4v) is 2.62. The number of benzene rings is 2. The van der Waals surface area contributed by atoms with Crippen molar-refractivity contribution < 1.29 is 9.59 Å². The topological polar surface area (TPSA) is 70.2 Å². The van der Waals surface area contributed by atoms with Crippen molar-refractivity contribution in [2.75, 3.05) is 23.7 Å². The number of halogens is 3. The summed E-state index contributed by atoms with van der Waals surface area (Å²) >= 11 is 17.8. The van der Waals surface area contributed by atoms with Gasteiger partial charge in [-0.2, -0.15) is 0 Å². The first-order valence-electron chi connectivity index (χ1n) is 7.47. The molecule has 0 aliphatic heterocycles. The van der Waals surface area contributed by atoms with Crippen molar-refractivity contribution in [3.8, 4) is 0 Å². The van der Waals surface area contributed by atoms with Crippen LogP contribution in [-0.2, 0) is 4.79 Å². The Bertz CT molecular complexity index is 779. The smallest absolute Gasteiger partial charge is 0.251 e. The van der Waals surface area contributed by atoms with Crippen LogP contribution >= 0.6 is 34.8 Å². The zero-order valence-corrected chi connectivity index (χ0v) is 15.6. The number of nitrogens with one attached hydrogen (secondary N) is 3. The number of anilines is 2. The molecule has 0 fully saturated rings. The van der Waals surface area contributed by atoms with Crippen LogP contribution in [-0.4, -0.2) is 24.9 Å². The second-order valence-electron chi connectivity index (χ2n) is 5.08. The average molecular weight is 401 g/mol. The van der Waals surface area contributed by atoms with Crippen molar-refractivity contribution in [3.63, 3.8) is 0 Å². The fraction of sp³-hybridized carbons (Fsp3) is 0.176. The van der Waals surface area contributed by atoms with Crippen molar-refractivity contribution in [3.05, 3.63) is 57.0 Å². The van der Waals surface area contributed by atoms with E-state index < -0.39 is 0 Å². The first-order valence-corrected chi connectivity index (χ1v) is 8.60. The van der Waals surface area contributed by atoms with Crippen LogP contribution in [0.15, 0.2) is 36.4 Å². The van der Waals surface area contributed by atoms with Crippen molar-refractivity contribution >= 4 is 58.0 Å². The molecule has 2 amide bonds. The van der Waals surface area contributed by atoms with Gasteiger partial charge in [0.15, 0.2) is 0 Å². The van der Waals surface area contributed by atoms with Crippen LogP contribution < -0.4 is 16.0 Å². The zero-order valence-electron chi connectivity index (χ0n) is 13.3. The van der Waals surface area contributed by atoms with Gasteiger partial charge >= 0.3 is 0 Å². The van der Waals surface area contributed by atoms with E-state index in [1.165, 1.54) is 6.07 Å². The molecule has 132 valence electrons. The normalized spacial score (nSPS) is 10.2. The largest absolute Gasteiger partial charge is 0.375 e. The molecular weight excluding hydrogens is 385 g/mol. The monoisotopic (exact) mass is 399 g/mol. The molecule has 0 atom stereocenters. The second-order valence-corrected chi connectivity index (χ2v) is 6.31. The summed E-state index contributed by atoms with van der Waals surface area (Å²) in [5.41, 5.74) is 1.62. The van der Waals surface area contributed by atoms with Crippen LogP contribution in [0.1, 0.15) is 17.3 Å². The van der Waals surface area contributed by atoms with Gasteiger partial charge in [0.2, 0.25) is 5.91 Å². The molecule has 0 saturated heterocycles. The highest BCUT2D eigenvalue weighted by molar-refractivity contribution is 6.44. The van der Waals surface area contributed by atoms with Gasteiger partial charge in [-0.05, 0) is 43.3 Å². The highest BCUT2D eigenvalue weighted by Gasteiger charge is 2.09. The lowest BCUT2D eigenvalue weighted by atomic mass is 10.2. The Balaban J connectivity index is 1.92. The Hall–Kier alpha value is -1.95. The van der Waals surface area contributed by atoms with Gasteiger partial charge in [0.25, 0.3) is 5.91 Å². The van der Waals surface area contributed by atoms with Gasteiger partial charge < -0.3 is 16.0 Å². The summed E-state index contributed by atoms with van der Waals surface area (Å²) in [6.45, 7) is 2.40. The van der Waals surface area contributed by atoms with E-state index in [0.717, 1.165) is 0 Å². The van der Waals surface area contributed by atoms with Gasteiger partial charge in [0, 0.05) is 17.8 Å². The van der Waals surface area contributed by atoms with Gasteiger partial charge in [-0.3, -0.25) is 9.59 Å². The molecule has 0 aromatic heterocycles. The first kappa shape index (κ1) is 19.4. The lowest BCUT2D eigenvalue weighted by Crippen LogP contribution is -2.23. The Morgan fingerprint density at radius 3 is 2.24 bits per heavy atom. The Morgan fingerprint density at radius 1 is 0.960 bits per heavy atom. The minimum absolute atomic E-state index is 0.00421. The number of hydrogen-bond donors (Lipinski definition) is 3. The molecule has 0 aliphatic rings. The van der Waals surface area contributed by atoms with E-state index in [-0.39, 0.29) is 18.4 Å². The number of amides is 2. The SMILES string of the molecule is CCNC(=O)c1ccc(NC(=O)CNc2cc(Cl)c(Cl)cc2Cl)cc1. The van der Waals surface area contributed by atoms with Gasteiger partial charge in [-0.1, -0.05) is 34.8 Å². The van der Waals surface area contributed by atoms with Crippen LogP contribution in [0.3, 0.4) is 0 Å². The van der Waals surface area contributed by atoms with E-state index in [2.05, 4.69) is 16.0 Å². The van der Waals surface area contributed by atoms with Crippen molar-refractivity contribution in [2.45, 2.75) is 6.92 Å². The summed E-state index contributed by atoms with van der Waals surface area (Å²) in [4.78, 5) is 23.7. The maximum Gasteiger partial charge on any atom is 0.251 e. The Kier molecular flexibility index (Phi) is 6.93. The molecule has 2 rings (SSSR count). The average Bonchev–Trinajstić information content (AvgIpc) is 2.58. The molecule has 0 bridgehead atoms. The van der Waals surface area contributed by atoms with Gasteiger partial charge in [-0.25, -0.2) is 0 Å². The number of rotatable bonds is 6. The molecule has 2 aromatic rings. The quantitative estimate of drug-likeness (QED) is 0.628. The molecule has 2 aromatic carbocycles. The molecule has 5 nitrogen and oxygen atoms in total. The summed E-state index contributed by atoms with van der Waals surface area (Å²) in [5.74, 6) is -0.427. The Labute approximate surface area is 160 Å². The third-order valence-corrected chi connectivity index (χ3v) is 4.25. The highest BCUT2D eigenvalue weighted by atomic mass is 35.5. The molecule has 25 heavy (non-hydrogen) atoms. The summed E-state index contributed by atoms with van der Waals surface area (Å²) in [7, 11) is 0. The summed E-state index contributed by atoms with van der Waals surface area (Å²) in [6.07, 6.45) is 0. The number of carbonyl (C=O) groups excluding carboxylic acids is 2. The zero-order chi connectivity index (χ0) is 18.4. The minimum atomic E-state index is -0.270. The summed E-state index contributed by atoms with van der Waals surface area (Å²) in [5, 5.41) is 9.38. The summed E-state index contributed by atoms with van der Waals surface area (Å²) in [6, 6.07) is 9.67. The molecule has 0 heterocycles. The van der Waals surface area contributed by atoms with Crippen molar-refractivity contribution in [1.29, 1.82) is 0 Å². The third-order valence-electron chi connectivity index (χ3n) is 3.22. The Morgan fingerprint density at radius 2 is 1.60 bits per heavy atom. The van der Waals surface area contributed by atoms with Crippen LogP contribution in [0, 0.1) is 0 Å². The van der Waals surface area contributed by atoms with Crippen LogP contribution in [0.2, 0.25) is 15.1 Å². The molecule has 3 N–H and O–H groups in total. The lowest BCUT2D eigenvalue weighted by molar-refractivity contribution is -0.114. The standard InChI is InChI=1S/C17H16Cl3N3O2/c1-2-21-17(25)10-3-5-11(6-4-10)23-16(24)9-22-15-8-13(19)12(18)7-14(15)20/h3-8,22H,2,9H2,1H3,(H,21,25)(H,23,24). The van der Waals surface area contributed by atoms with Gasteiger partial charge in [-0.15, -0.1) is 0 Å². The number of carbonyl (C=O) groups is 2. The van der Waals surface area contributed by atoms with E-state index in [1.54, 1.807) is 30.3 Å². The predicted octanol–water partition coefficient (Wildman–Crippen LogP) is 4.45. The maximum atomic E-state index is 12.0. The van der Waals surface area contributed by atoms with Gasteiger partial charge in [0.05, 0.1) is 27.3 Å². The molecular formula is C17H16Cl3N3O2. The van der Waals surface area contributed by atoms with Crippen molar-refractivity contribution in [2.24, 2.45) is 0 Å². The van der Waals surface area contributed by atoms with Crippen molar-refractivity contribution in [1.82, 2.24) is 5.32 Å². The maximum absolute atomic E-state index is 12.0. The van der Waals surface area contributed by atoms with E-state index in [9.17, 15) is 9.59 Å². The van der Waals surface area contributed by atoms with Crippen LogP contribution in [0.25, 0.3) is 0 Å². The molecule has 0 radical (unpaired) electrons. The molecule has 8 heteroatoms. The lowest BCUT2D eigenvalue weighted by Gasteiger charge is -2.10.